The second kappa shape index (κ2) is 13.5. The van der Waals surface area contributed by atoms with Gasteiger partial charge in [-0.1, -0.05) is 30.3 Å². The molecule has 3 aromatic rings. The van der Waals surface area contributed by atoms with Crippen molar-refractivity contribution in [3.05, 3.63) is 119 Å². The highest BCUT2D eigenvalue weighted by molar-refractivity contribution is 6.05. The fourth-order valence-electron chi connectivity index (χ4n) is 5.98. The van der Waals surface area contributed by atoms with Crippen LogP contribution in [0.5, 0.6) is 0 Å². The molecule has 248 valence electrons. The second-order valence-corrected chi connectivity index (χ2v) is 11.6. The molecule has 14 heteroatoms. The maximum absolute atomic E-state index is 13.4. The number of carbonyl (C=O) groups is 2. The van der Waals surface area contributed by atoms with Gasteiger partial charge in [0.05, 0.1) is 36.2 Å². The number of ether oxygens (including phenoxy) is 2. The molecule has 3 aliphatic rings. The van der Waals surface area contributed by atoms with Crippen LogP contribution in [-0.2, 0) is 22.3 Å². The molecule has 1 saturated heterocycles. The molecule has 0 saturated carbocycles. The average molecular weight is 661 g/mol. The SMILES string of the molecule is COCC1CCC(C2=C3C=NC=C[N+]3(N)C(c3ccc(C(=O)Nc4cc(C(F)(F)F)ccn4)cc3)=N2)CN1C(=O)OCc1ccccc1. The monoisotopic (exact) mass is 660 g/mol. The number of aromatic nitrogens is 1. The van der Waals surface area contributed by atoms with E-state index in [4.69, 9.17) is 20.3 Å². The molecule has 3 unspecified atom stereocenters. The summed E-state index contributed by atoms with van der Waals surface area (Å²) in [4.78, 5) is 41.1. The number of allylic oxidation sites excluding steroid dienone is 1. The molecule has 6 rings (SSSR count). The smallest absolute Gasteiger partial charge is 0.416 e. The van der Waals surface area contributed by atoms with E-state index in [-0.39, 0.29) is 34.5 Å². The van der Waals surface area contributed by atoms with Crippen molar-refractivity contribution >= 4 is 29.9 Å². The molecular weight excluding hydrogens is 627 g/mol. The Hall–Kier alpha value is -5.18. The first-order valence-electron chi connectivity index (χ1n) is 15.2. The van der Waals surface area contributed by atoms with Crippen molar-refractivity contribution in [3.8, 4) is 0 Å². The lowest BCUT2D eigenvalue weighted by Gasteiger charge is -2.38. The van der Waals surface area contributed by atoms with Crippen LogP contribution in [-0.4, -0.2) is 64.8 Å². The van der Waals surface area contributed by atoms with Gasteiger partial charge in [0.2, 0.25) is 5.70 Å². The first-order valence-corrected chi connectivity index (χ1v) is 15.2. The number of alkyl halides is 3. The number of fused-ring (bicyclic) bond motifs is 1. The summed E-state index contributed by atoms with van der Waals surface area (Å²) >= 11 is 0. The summed E-state index contributed by atoms with van der Waals surface area (Å²) in [6, 6.07) is 17.3. The molecule has 3 aliphatic heterocycles. The maximum Gasteiger partial charge on any atom is 0.416 e. The molecule has 1 fully saturated rings. The number of piperidine rings is 1. The number of aliphatic imine (C=N–C) groups is 2. The van der Waals surface area contributed by atoms with E-state index in [0.29, 0.717) is 48.8 Å². The number of likely N-dealkylation sites (tertiary alicyclic amines) is 1. The van der Waals surface area contributed by atoms with Crippen LogP contribution in [0.2, 0.25) is 0 Å². The van der Waals surface area contributed by atoms with Crippen LogP contribution in [0.15, 0.2) is 107 Å². The minimum Gasteiger partial charge on any atom is -0.445 e. The predicted octanol–water partition coefficient (Wildman–Crippen LogP) is 5.63. The number of benzene rings is 2. The van der Waals surface area contributed by atoms with Gasteiger partial charge in [0.25, 0.3) is 11.7 Å². The van der Waals surface area contributed by atoms with E-state index in [2.05, 4.69) is 15.3 Å². The zero-order chi connectivity index (χ0) is 33.9. The lowest BCUT2D eigenvalue weighted by Crippen LogP contribution is -2.53. The number of amidine groups is 1. The van der Waals surface area contributed by atoms with E-state index in [1.165, 1.54) is 12.1 Å². The number of methoxy groups -OCH3 is 1. The van der Waals surface area contributed by atoms with Crippen LogP contribution in [0.25, 0.3) is 0 Å². The van der Waals surface area contributed by atoms with Gasteiger partial charge in [-0.15, -0.1) is 4.59 Å². The molecule has 4 heterocycles. The van der Waals surface area contributed by atoms with Gasteiger partial charge in [-0.2, -0.15) is 24.0 Å². The van der Waals surface area contributed by atoms with Crippen molar-refractivity contribution in [2.75, 3.05) is 25.6 Å². The van der Waals surface area contributed by atoms with Crippen LogP contribution in [0.3, 0.4) is 0 Å². The topological polar surface area (TPSA) is 132 Å². The van der Waals surface area contributed by atoms with E-state index >= 15 is 0 Å². The Morgan fingerprint density at radius 2 is 1.85 bits per heavy atom. The van der Waals surface area contributed by atoms with Gasteiger partial charge in [0.15, 0.2) is 0 Å². The normalized spacial score (nSPS) is 21.9. The van der Waals surface area contributed by atoms with Gasteiger partial charge in [-0.05, 0) is 54.8 Å². The number of halogens is 3. The van der Waals surface area contributed by atoms with Crippen LogP contribution < -0.4 is 11.2 Å². The number of carbonyl (C=O) groups excluding carboxylic acids is 2. The second-order valence-electron chi connectivity index (χ2n) is 11.6. The minimum atomic E-state index is -4.57. The predicted molar refractivity (Wildman–Crippen MR) is 171 cm³/mol. The molecule has 11 nitrogen and oxygen atoms in total. The summed E-state index contributed by atoms with van der Waals surface area (Å²) < 4.78 is 50.1. The molecule has 3 N–H and O–H groups in total. The molecule has 1 aromatic heterocycles. The fourth-order valence-corrected chi connectivity index (χ4v) is 5.98. The number of pyridine rings is 1. The number of rotatable bonds is 8. The number of amides is 2. The van der Waals surface area contributed by atoms with Gasteiger partial charge in [0, 0.05) is 31.3 Å². The number of hydrogen-bond acceptors (Lipinski definition) is 8. The Bertz CT molecular complexity index is 1810. The van der Waals surface area contributed by atoms with Crippen molar-refractivity contribution in [1.29, 1.82) is 0 Å². The van der Waals surface area contributed by atoms with Crippen LogP contribution in [0, 0.1) is 5.92 Å². The molecule has 3 atom stereocenters. The highest BCUT2D eigenvalue weighted by atomic mass is 19.4. The molecule has 48 heavy (non-hydrogen) atoms. The highest BCUT2D eigenvalue weighted by Crippen LogP contribution is 2.39. The van der Waals surface area contributed by atoms with Gasteiger partial charge in [-0.25, -0.2) is 9.78 Å². The Balaban J connectivity index is 1.21. The molecule has 0 spiro atoms. The number of quaternary nitrogens is 1. The molecular formula is C34H33F3N7O4+. The van der Waals surface area contributed by atoms with Crippen LogP contribution in [0.1, 0.15) is 39.9 Å². The van der Waals surface area contributed by atoms with E-state index in [9.17, 15) is 22.8 Å². The third-order valence-electron chi connectivity index (χ3n) is 8.45. The molecule has 2 aromatic carbocycles. The molecule has 0 radical (unpaired) electrons. The summed E-state index contributed by atoms with van der Waals surface area (Å²) in [6.45, 7) is 0.831. The summed E-state index contributed by atoms with van der Waals surface area (Å²) in [5.41, 5.74) is 2.11. The average Bonchev–Trinajstić information content (AvgIpc) is 3.40. The lowest BCUT2D eigenvalue weighted by atomic mass is 9.90. The minimum absolute atomic E-state index is 0.140. The first kappa shape index (κ1) is 32.7. The summed E-state index contributed by atoms with van der Waals surface area (Å²) in [7, 11) is 1.60. The van der Waals surface area contributed by atoms with E-state index < -0.39 is 23.7 Å². The van der Waals surface area contributed by atoms with Crippen LogP contribution >= 0.6 is 0 Å². The standard InChI is InChI=1S/C34H32F3N7O4/c1-47-21-27-12-11-25(19-43(27)33(46)48-20-22-5-3-2-4-6-22)30-28-18-39-15-16-44(28,38)31(42-30)23-7-9-24(10-8-23)32(45)41-29-17-26(13-14-40-29)34(35,36)37/h2-10,13-18,25,27H,11-12,19-21,38H2,1H3/p+1. The van der Waals surface area contributed by atoms with Crippen molar-refractivity contribution in [1.82, 2.24) is 9.88 Å². The van der Waals surface area contributed by atoms with E-state index in [1.54, 1.807) is 42.8 Å². The fraction of sp³-hybridized carbons (Fsp3) is 0.265. The van der Waals surface area contributed by atoms with Gasteiger partial charge in [-0.3, -0.25) is 9.79 Å². The van der Waals surface area contributed by atoms with Crippen molar-refractivity contribution in [3.63, 3.8) is 0 Å². The Morgan fingerprint density at radius 3 is 2.58 bits per heavy atom. The van der Waals surface area contributed by atoms with E-state index in [1.807, 2.05) is 30.3 Å². The van der Waals surface area contributed by atoms with Crippen LogP contribution in [0.4, 0.5) is 23.8 Å². The number of nitrogens with zero attached hydrogens (tertiary/aromatic N) is 5. The van der Waals surface area contributed by atoms with Gasteiger partial charge >= 0.3 is 12.3 Å². The number of hydrogen-bond donors (Lipinski definition) is 2. The van der Waals surface area contributed by atoms with E-state index in [0.717, 1.165) is 23.9 Å². The lowest BCUT2D eigenvalue weighted by molar-refractivity contribution is -0.750. The van der Waals surface area contributed by atoms with Crippen molar-refractivity contribution < 1.29 is 36.8 Å². The zero-order valence-electron chi connectivity index (χ0n) is 25.9. The number of anilines is 1. The van der Waals surface area contributed by atoms with Gasteiger partial charge < -0.3 is 19.7 Å². The summed E-state index contributed by atoms with van der Waals surface area (Å²) in [6.07, 6.45) is 2.28. The summed E-state index contributed by atoms with van der Waals surface area (Å²) in [5, 5.41) is 2.41. The third-order valence-corrected chi connectivity index (χ3v) is 8.45. The maximum atomic E-state index is 13.4. The molecule has 2 amide bonds. The Morgan fingerprint density at radius 1 is 1.08 bits per heavy atom. The Kier molecular flexibility index (Phi) is 9.22. The first-order chi connectivity index (χ1) is 23.1. The Labute approximate surface area is 274 Å². The summed E-state index contributed by atoms with van der Waals surface area (Å²) in [5.74, 6) is 6.38. The molecule has 0 bridgehead atoms. The number of nitrogens with two attached hydrogens (primary N) is 1. The number of nitrogens with one attached hydrogen (secondary N) is 1. The zero-order valence-corrected chi connectivity index (χ0v) is 25.9. The molecule has 0 aliphatic carbocycles. The highest BCUT2D eigenvalue weighted by Gasteiger charge is 2.47. The van der Waals surface area contributed by atoms with Crippen molar-refractivity contribution in [2.24, 2.45) is 21.7 Å². The quantitative estimate of drug-likeness (QED) is 0.238. The largest absolute Gasteiger partial charge is 0.445 e. The van der Waals surface area contributed by atoms with Gasteiger partial charge in [0.1, 0.15) is 24.3 Å². The third kappa shape index (κ3) is 6.76. The van der Waals surface area contributed by atoms with Crippen molar-refractivity contribution in [2.45, 2.75) is 31.7 Å².